The zero-order chi connectivity index (χ0) is 47.7. The summed E-state index contributed by atoms with van der Waals surface area (Å²) in [6.07, 6.45) is 80.1. The first-order valence-electron chi connectivity index (χ1n) is 26.4. The zero-order valence-electron chi connectivity index (χ0n) is 42.4. The molecule has 0 amide bonds. The lowest BCUT2D eigenvalue weighted by atomic mass is 10.1. The number of rotatable bonds is 46. The van der Waals surface area contributed by atoms with Gasteiger partial charge in [-0.2, -0.15) is 0 Å². The molecule has 1 unspecified atom stereocenters. The Kier molecular flexibility index (Phi) is 51.6. The van der Waals surface area contributed by atoms with Crippen molar-refractivity contribution in [2.45, 2.75) is 207 Å². The Morgan fingerprint density at radius 2 is 0.697 bits per heavy atom. The van der Waals surface area contributed by atoms with Gasteiger partial charge in [0.1, 0.15) is 6.61 Å². The van der Waals surface area contributed by atoms with Crippen molar-refractivity contribution in [1.82, 2.24) is 0 Å². The van der Waals surface area contributed by atoms with E-state index in [0.29, 0.717) is 19.4 Å². The molecule has 0 aliphatic heterocycles. The van der Waals surface area contributed by atoms with Gasteiger partial charge >= 0.3 is 11.9 Å². The summed E-state index contributed by atoms with van der Waals surface area (Å²) >= 11 is 0. The summed E-state index contributed by atoms with van der Waals surface area (Å²) < 4.78 is 17.3. The number of allylic oxidation sites excluding steroid dienone is 24. The Balaban J connectivity index is 4.51. The summed E-state index contributed by atoms with van der Waals surface area (Å²) in [5.41, 5.74) is 0. The van der Waals surface area contributed by atoms with E-state index in [4.69, 9.17) is 14.2 Å². The molecule has 1 atom stereocenters. The van der Waals surface area contributed by atoms with E-state index in [-0.39, 0.29) is 25.2 Å². The molecular formula is C61H96O5. The lowest BCUT2D eigenvalue weighted by Gasteiger charge is -2.18. The topological polar surface area (TPSA) is 61.8 Å². The number of hydrogen-bond donors (Lipinski definition) is 0. The van der Waals surface area contributed by atoms with Crippen LogP contribution in [-0.4, -0.2) is 37.9 Å². The van der Waals surface area contributed by atoms with Crippen LogP contribution in [0.15, 0.2) is 146 Å². The van der Waals surface area contributed by atoms with Gasteiger partial charge in [-0.25, -0.2) is 0 Å². The van der Waals surface area contributed by atoms with E-state index >= 15 is 0 Å². The summed E-state index contributed by atoms with van der Waals surface area (Å²) in [5.74, 6) is -0.517. The number of hydrogen-bond acceptors (Lipinski definition) is 5. The average Bonchev–Trinajstić information content (AvgIpc) is 3.32. The monoisotopic (exact) mass is 909 g/mol. The molecule has 0 aliphatic carbocycles. The van der Waals surface area contributed by atoms with Crippen LogP contribution in [0, 0.1) is 0 Å². The van der Waals surface area contributed by atoms with Crippen LogP contribution in [0.1, 0.15) is 201 Å². The van der Waals surface area contributed by atoms with Gasteiger partial charge in [0, 0.05) is 19.4 Å². The maximum atomic E-state index is 12.8. The fourth-order valence-corrected chi connectivity index (χ4v) is 6.48. The molecule has 0 heterocycles. The van der Waals surface area contributed by atoms with Crippen LogP contribution in [0.25, 0.3) is 0 Å². The lowest BCUT2D eigenvalue weighted by Crippen LogP contribution is -2.30. The van der Waals surface area contributed by atoms with E-state index in [0.717, 1.165) is 128 Å². The Labute approximate surface area is 406 Å². The molecular weight excluding hydrogens is 813 g/mol. The quantitative estimate of drug-likeness (QED) is 0.0346. The van der Waals surface area contributed by atoms with Gasteiger partial charge in [-0.05, 0) is 135 Å². The number of ether oxygens (including phenoxy) is 3. The SMILES string of the molecule is CC/C=C\C/C=C\C/C=C\C/C=C\C/C=C\CCCCOCC(COC(=O)CCC/C=C\C/C=C\C/C=C\C/C=C\C/C=C\CC)OC(=O)CCCCCCC/C=C\C/C=C\CCCCC. The lowest BCUT2D eigenvalue weighted by molar-refractivity contribution is -0.163. The molecule has 0 fully saturated rings. The van der Waals surface area contributed by atoms with Crippen LogP contribution in [0.3, 0.4) is 0 Å². The highest BCUT2D eigenvalue weighted by Crippen LogP contribution is 2.11. The van der Waals surface area contributed by atoms with E-state index in [9.17, 15) is 9.59 Å². The van der Waals surface area contributed by atoms with Crippen LogP contribution >= 0.6 is 0 Å². The average molecular weight is 909 g/mol. The summed E-state index contributed by atoms with van der Waals surface area (Å²) in [7, 11) is 0. The van der Waals surface area contributed by atoms with E-state index in [1.807, 2.05) is 0 Å². The van der Waals surface area contributed by atoms with E-state index < -0.39 is 6.10 Å². The first-order valence-corrected chi connectivity index (χ1v) is 26.4. The van der Waals surface area contributed by atoms with E-state index in [1.165, 1.54) is 38.5 Å². The van der Waals surface area contributed by atoms with Gasteiger partial charge < -0.3 is 14.2 Å². The highest BCUT2D eigenvalue weighted by Gasteiger charge is 2.17. The van der Waals surface area contributed by atoms with Gasteiger partial charge in [-0.1, -0.05) is 199 Å². The van der Waals surface area contributed by atoms with Crippen molar-refractivity contribution in [2.24, 2.45) is 0 Å². The van der Waals surface area contributed by atoms with Gasteiger partial charge in [-0.15, -0.1) is 0 Å². The molecule has 5 nitrogen and oxygen atoms in total. The molecule has 0 aromatic carbocycles. The van der Waals surface area contributed by atoms with Crippen LogP contribution in [0.4, 0.5) is 0 Å². The maximum absolute atomic E-state index is 12.8. The highest BCUT2D eigenvalue weighted by molar-refractivity contribution is 5.70. The smallest absolute Gasteiger partial charge is 0.306 e. The normalized spacial score (nSPS) is 13.4. The summed E-state index contributed by atoms with van der Waals surface area (Å²) in [4.78, 5) is 25.4. The van der Waals surface area contributed by atoms with Crippen LogP contribution in [0.5, 0.6) is 0 Å². The largest absolute Gasteiger partial charge is 0.462 e. The first-order chi connectivity index (χ1) is 32.6. The number of esters is 2. The van der Waals surface area contributed by atoms with Crippen molar-refractivity contribution in [1.29, 1.82) is 0 Å². The van der Waals surface area contributed by atoms with Crippen molar-refractivity contribution < 1.29 is 23.8 Å². The van der Waals surface area contributed by atoms with Gasteiger partial charge in [0.15, 0.2) is 6.10 Å². The third kappa shape index (κ3) is 52.4. The molecule has 0 saturated heterocycles. The molecule has 66 heavy (non-hydrogen) atoms. The predicted octanol–water partition coefficient (Wildman–Crippen LogP) is 18.1. The molecule has 0 rings (SSSR count). The highest BCUT2D eigenvalue weighted by atomic mass is 16.6. The minimum absolute atomic E-state index is 0.0223. The van der Waals surface area contributed by atoms with Gasteiger partial charge in [0.25, 0.3) is 0 Å². The molecule has 0 aromatic rings. The molecule has 0 aromatic heterocycles. The van der Waals surface area contributed by atoms with Gasteiger partial charge in [-0.3, -0.25) is 9.59 Å². The second-order valence-electron chi connectivity index (χ2n) is 16.7. The van der Waals surface area contributed by atoms with E-state index in [2.05, 4.69) is 167 Å². The summed E-state index contributed by atoms with van der Waals surface area (Å²) in [5, 5.41) is 0. The van der Waals surface area contributed by atoms with E-state index in [1.54, 1.807) is 0 Å². The van der Waals surface area contributed by atoms with Crippen molar-refractivity contribution in [3.05, 3.63) is 146 Å². The Morgan fingerprint density at radius 3 is 1.14 bits per heavy atom. The zero-order valence-corrected chi connectivity index (χ0v) is 42.4. The van der Waals surface area contributed by atoms with Crippen molar-refractivity contribution in [3.63, 3.8) is 0 Å². The molecule has 0 N–H and O–H groups in total. The fourth-order valence-electron chi connectivity index (χ4n) is 6.48. The first kappa shape index (κ1) is 61.8. The van der Waals surface area contributed by atoms with Gasteiger partial charge in [0.05, 0.1) is 6.61 Å². The summed E-state index contributed by atoms with van der Waals surface area (Å²) in [6, 6.07) is 0. The molecule has 0 radical (unpaired) electrons. The van der Waals surface area contributed by atoms with Crippen LogP contribution in [-0.2, 0) is 23.8 Å². The molecule has 0 aliphatic rings. The predicted molar refractivity (Wildman–Crippen MR) is 288 cm³/mol. The Morgan fingerprint density at radius 1 is 0.348 bits per heavy atom. The van der Waals surface area contributed by atoms with Crippen LogP contribution < -0.4 is 0 Å². The Bertz CT molecular complexity index is 1450. The second-order valence-corrected chi connectivity index (χ2v) is 16.7. The molecule has 0 spiro atoms. The third-order valence-electron chi connectivity index (χ3n) is 10.3. The number of carbonyl (C=O) groups is 2. The fraction of sp³-hybridized carbons (Fsp3) is 0.574. The molecule has 0 bridgehead atoms. The number of carbonyl (C=O) groups excluding carboxylic acids is 2. The van der Waals surface area contributed by atoms with Crippen LogP contribution in [0.2, 0.25) is 0 Å². The minimum Gasteiger partial charge on any atom is -0.462 e. The standard InChI is InChI=1S/C61H96O5/c1-4-7-10-13-16-19-22-25-28-30-32-35-38-41-44-47-50-53-56-64-57-59(66-61(63)55-52-49-46-43-40-37-33-27-24-21-18-15-12-9-6-3)58-65-60(62)54-51-48-45-42-39-36-34-31-29-26-23-20-17-14-11-8-5-2/h7-8,10-11,16-21,25-29,32-36,41-42,44-45,59H,4-6,9,12-15,22-24,30-31,37-40,43,46-58H2,1-3H3/b10-7-,11-8-,19-16-,20-17-,21-18-,28-25-,29-26-,33-27-,35-32-,36-34-,44-41-,45-42-. The molecule has 5 heteroatoms. The number of unbranched alkanes of at least 4 members (excludes halogenated alkanes) is 11. The van der Waals surface area contributed by atoms with Crippen molar-refractivity contribution >= 4 is 11.9 Å². The maximum Gasteiger partial charge on any atom is 0.306 e. The third-order valence-corrected chi connectivity index (χ3v) is 10.3. The molecule has 370 valence electrons. The molecule has 0 saturated carbocycles. The Hall–Kier alpha value is -4.22. The van der Waals surface area contributed by atoms with Crippen molar-refractivity contribution in [3.8, 4) is 0 Å². The second kappa shape index (κ2) is 55.1. The van der Waals surface area contributed by atoms with Crippen molar-refractivity contribution in [2.75, 3.05) is 19.8 Å². The minimum atomic E-state index is -0.601. The van der Waals surface area contributed by atoms with Gasteiger partial charge in [0.2, 0.25) is 0 Å². The summed E-state index contributed by atoms with van der Waals surface area (Å²) in [6.45, 7) is 7.37.